The van der Waals surface area contributed by atoms with Crippen molar-refractivity contribution in [2.45, 2.75) is 46.0 Å². The van der Waals surface area contributed by atoms with Gasteiger partial charge in [0.25, 0.3) is 0 Å². The lowest BCUT2D eigenvalue weighted by Crippen LogP contribution is -2.42. The van der Waals surface area contributed by atoms with Gasteiger partial charge in [0.15, 0.2) is 0 Å². The molecule has 1 aliphatic heterocycles. The van der Waals surface area contributed by atoms with Crippen LogP contribution in [-0.2, 0) is 9.59 Å². The van der Waals surface area contributed by atoms with E-state index in [0.717, 1.165) is 31.4 Å². The third-order valence-electron chi connectivity index (χ3n) is 3.67. The Kier molecular flexibility index (Phi) is 6.06. The zero-order chi connectivity index (χ0) is 14.4. The minimum absolute atomic E-state index is 0.0178. The average Bonchev–Trinajstić information content (AvgIpc) is 2.35. The lowest BCUT2D eigenvalue weighted by atomic mass is 9.92. The smallest absolute Gasteiger partial charge is 0.303 e. The van der Waals surface area contributed by atoms with E-state index in [1.807, 2.05) is 18.7 Å². The summed E-state index contributed by atoms with van der Waals surface area (Å²) in [5, 5.41) is 8.72. The summed E-state index contributed by atoms with van der Waals surface area (Å²) in [5.41, 5.74) is 1.03. The highest BCUT2D eigenvalue weighted by Crippen LogP contribution is 2.23. The number of hydrogen-bond acceptors (Lipinski definition) is 2. The van der Waals surface area contributed by atoms with Crippen molar-refractivity contribution in [1.29, 1.82) is 0 Å². The highest BCUT2D eigenvalue weighted by Gasteiger charge is 2.26. The molecular weight excluding hydrogens is 242 g/mol. The van der Waals surface area contributed by atoms with Crippen LogP contribution in [-0.4, -0.2) is 35.0 Å². The summed E-state index contributed by atoms with van der Waals surface area (Å²) in [7, 11) is 0. The molecule has 2 unspecified atom stereocenters. The molecule has 1 saturated heterocycles. The third kappa shape index (κ3) is 5.45. The molecule has 0 spiro atoms. The van der Waals surface area contributed by atoms with Crippen molar-refractivity contribution in [3.05, 3.63) is 12.2 Å². The van der Waals surface area contributed by atoms with E-state index >= 15 is 0 Å². The van der Waals surface area contributed by atoms with Gasteiger partial charge >= 0.3 is 5.97 Å². The topological polar surface area (TPSA) is 57.6 Å². The van der Waals surface area contributed by atoms with Gasteiger partial charge in [-0.2, -0.15) is 0 Å². The standard InChI is InChI=1S/C15H25NO3/c1-11(2)9-12(3)15(19)16-8-4-5-13(10-16)6-7-14(17)18/h12-13H,1,4-10H2,2-3H3,(H,17,18). The molecule has 1 N–H and O–H groups in total. The first-order chi connectivity index (χ1) is 8.90. The Bertz CT molecular complexity index is 351. The van der Waals surface area contributed by atoms with E-state index in [1.165, 1.54) is 0 Å². The zero-order valence-electron chi connectivity index (χ0n) is 12.0. The highest BCUT2D eigenvalue weighted by molar-refractivity contribution is 5.78. The van der Waals surface area contributed by atoms with Crippen molar-refractivity contribution < 1.29 is 14.7 Å². The molecule has 1 aliphatic rings. The van der Waals surface area contributed by atoms with Gasteiger partial charge in [-0.3, -0.25) is 9.59 Å². The molecule has 4 heteroatoms. The van der Waals surface area contributed by atoms with Crippen LogP contribution < -0.4 is 0 Å². The van der Waals surface area contributed by atoms with Crippen LogP contribution in [0.25, 0.3) is 0 Å². The molecule has 1 rings (SSSR count). The van der Waals surface area contributed by atoms with Crippen LogP contribution in [0.3, 0.4) is 0 Å². The molecular formula is C15H25NO3. The number of carboxylic acids is 1. The maximum atomic E-state index is 12.3. The monoisotopic (exact) mass is 267 g/mol. The lowest BCUT2D eigenvalue weighted by molar-refractivity contribution is -0.137. The van der Waals surface area contributed by atoms with Crippen molar-refractivity contribution in [3.63, 3.8) is 0 Å². The quantitative estimate of drug-likeness (QED) is 0.753. The van der Waals surface area contributed by atoms with E-state index in [2.05, 4.69) is 6.58 Å². The molecule has 0 radical (unpaired) electrons. The number of hydrogen-bond donors (Lipinski definition) is 1. The van der Waals surface area contributed by atoms with E-state index in [1.54, 1.807) is 0 Å². The maximum Gasteiger partial charge on any atom is 0.303 e. The summed E-state index contributed by atoms with van der Waals surface area (Å²) in [6.45, 7) is 9.26. The summed E-state index contributed by atoms with van der Waals surface area (Å²) in [4.78, 5) is 24.8. The molecule has 0 saturated carbocycles. The number of piperidine rings is 1. The van der Waals surface area contributed by atoms with Gasteiger partial charge in [0.05, 0.1) is 0 Å². The number of carbonyl (C=O) groups is 2. The van der Waals surface area contributed by atoms with Crippen LogP contribution in [0.15, 0.2) is 12.2 Å². The molecule has 0 aliphatic carbocycles. The lowest BCUT2D eigenvalue weighted by Gasteiger charge is -2.34. The van der Waals surface area contributed by atoms with E-state index in [-0.39, 0.29) is 18.2 Å². The van der Waals surface area contributed by atoms with E-state index in [4.69, 9.17) is 5.11 Å². The van der Waals surface area contributed by atoms with Gasteiger partial charge in [0, 0.05) is 25.4 Å². The zero-order valence-corrected chi connectivity index (χ0v) is 12.0. The number of rotatable bonds is 6. The number of aliphatic carboxylic acids is 1. The van der Waals surface area contributed by atoms with Crippen LogP contribution >= 0.6 is 0 Å². The molecule has 19 heavy (non-hydrogen) atoms. The summed E-state index contributed by atoms with van der Waals surface area (Å²) in [5.74, 6) is -0.247. The summed E-state index contributed by atoms with van der Waals surface area (Å²) in [6.07, 6.45) is 3.62. The minimum atomic E-state index is -0.751. The molecule has 108 valence electrons. The molecule has 1 amide bonds. The molecule has 0 bridgehead atoms. The van der Waals surface area contributed by atoms with Crippen molar-refractivity contribution in [3.8, 4) is 0 Å². The first kappa shape index (κ1) is 15.7. The molecule has 1 heterocycles. The Morgan fingerprint density at radius 3 is 2.74 bits per heavy atom. The fourth-order valence-corrected chi connectivity index (χ4v) is 2.75. The van der Waals surface area contributed by atoms with Crippen LogP contribution in [0, 0.1) is 11.8 Å². The number of likely N-dealkylation sites (tertiary alicyclic amines) is 1. The van der Waals surface area contributed by atoms with Crippen molar-refractivity contribution in [2.75, 3.05) is 13.1 Å². The summed E-state index contributed by atoms with van der Waals surface area (Å²) >= 11 is 0. The summed E-state index contributed by atoms with van der Waals surface area (Å²) in [6, 6.07) is 0. The van der Waals surface area contributed by atoms with Gasteiger partial charge in [-0.25, -0.2) is 0 Å². The number of carbonyl (C=O) groups excluding carboxylic acids is 1. The van der Waals surface area contributed by atoms with Gasteiger partial charge in [0.2, 0.25) is 5.91 Å². The second-order valence-electron chi connectivity index (χ2n) is 5.79. The van der Waals surface area contributed by atoms with E-state index in [0.29, 0.717) is 18.9 Å². The van der Waals surface area contributed by atoms with Crippen LogP contribution in [0.1, 0.15) is 46.0 Å². The molecule has 0 aromatic carbocycles. The van der Waals surface area contributed by atoms with Crippen molar-refractivity contribution in [1.82, 2.24) is 4.90 Å². The Hall–Kier alpha value is -1.32. The normalized spacial score (nSPS) is 20.9. The predicted octanol–water partition coefficient (Wildman–Crippen LogP) is 2.69. The number of nitrogens with zero attached hydrogens (tertiary/aromatic N) is 1. The fraction of sp³-hybridized carbons (Fsp3) is 0.733. The second kappa shape index (κ2) is 7.31. The summed E-state index contributed by atoms with van der Waals surface area (Å²) < 4.78 is 0. The first-order valence-corrected chi connectivity index (χ1v) is 7.05. The Morgan fingerprint density at radius 1 is 1.47 bits per heavy atom. The average molecular weight is 267 g/mol. The van der Waals surface area contributed by atoms with Gasteiger partial charge in [-0.15, -0.1) is 6.58 Å². The van der Waals surface area contributed by atoms with Crippen LogP contribution in [0.4, 0.5) is 0 Å². The Morgan fingerprint density at radius 2 is 2.16 bits per heavy atom. The number of allylic oxidation sites excluding steroid dienone is 1. The third-order valence-corrected chi connectivity index (χ3v) is 3.67. The first-order valence-electron chi connectivity index (χ1n) is 7.05. The fourth-order valence-electron chi connectivity index (χ4n) is 2.75. The molecule has 4 nitrogen and oxygen atoms in total. The molecule has 2 atom stereocenters. The number of carboxylic acid groups (broad SMARTS) is 1. The Balaban J connectivity index is 2.47. The second-order valence-corrected chi connectivity index (χ2v) is 5.79. The largest absolute Gasteiger partial charge is 0.481 e. The van der Waals surface area contributed by atoms with Gasteiger partial charge in [-0.1, -0.05) is 12.5 Å². The highest BCUT2D eigenvalue weighted by atomic mass is 16.4. The van der Waals surface area contributed by atoms with Crippen LogP contribution in [0.2, 0.25) is 0 Å². The molecule has 0 aromatic rings. The molecule has 1 fully saturated rings. The van der Waals surface area contributed by atoms with Crippen molar-refractivity contribution >= 4 is 11.9 Å². The van der Waals surface area contributed by atoms with Crippen LogP contribution in [0.5, 0.6) is 0 Å². The predicted molar refractivity (Wildman–Crippen MR) is 74.8 cm³/mol. The minimum Gasteiger partial charge on any atom is -0.481 e. The van der Waals surface area contributed by atoms with E-state index < -0.39 is 5.97 Å². The Labute approximate surface area is 115 Å². The number of amides is 1. The van der Waals surface area contributed by atoms with Gasteiger partial charge in [0.1, 0.15) is 0 Å². The SMILES string of the molecule is C=C(C)CC(C)C(=O)N1CCCC(CCC(=O)O)C1. The van der Waals surface area contributed by atoms with Gasteiger partial charge < -0.3 is 10.0 Å². The van der Waals surface area contributed by atoms with E-state index in [9.17, 15) is 9.59 Å². The maximum absolute atomic E-state index is 12.3. The van der Waals surface area contributed by atoms with Gasteiger partial charge in [-0.05, 0) is 38.5 Å². The van der Waals surface area contributed by atoms with Crippen molar-refractivity contribution in [2.24, 2.45) is 11.8 Å². The molecule has 0 aromatic heterocycles.